The molecule has 0 saturated carbocycles. The van der Waals surface area contributed by atoms with E-state index in [1.165, 1.54) is 35.6 Å². The summed E-state index contributed by atoms with van der Waals surface area (Å²) in [5.74, 6) is 0.273. The molecule has 0 aliphatic heterocycles. The van der Waals surface area contributed by atoms with Gasteiger partial charge in [-0.15, -0.1) is 0 Å². The molecule has 2 aromatic carbocycles. The van der Waals surface area contributed by atoms with E-state index in [4.69, 9.17) is 9.47 Å². The monoisotopic (exact) mass is 427 g/mol. The summed E-state index contributed by atoms with van der Waals surface area (Å²) in [5, 5.41) is 10.9. The van der Waals surface area contributed by atoms with Gasteiger partial charge in [0.05, 0.1) is 28.9 Å². The number of nitrogens with zero attached hydrogens (tertiary/aromatic N) is 3. The van der Waals surface area contributed by atoms with Gasteiger partial charge in [0, 0.05) is 31.4 Å². The van der Waals surface area contributed by atoms with Crippen LogP contribution >= 0.6 is 11.3 Å². The second kappa shape index (κ2) is 9.95. The molecule has 0 atom stereocenters. The van der Waals surface area contributed by atoms with Crippen molar-refractivity contribution in [2.24, 2.45) is 4.99 Å². The number of carbonyl (C=O) groups excluding carboxylic acids is 1. The fourth-order valence-corrected chi connectivity index (χ4v) is 3.91. The Kier molecular flexibility index (Phi) is 7.10. The molecule has 8 nitrogen and oxygen atoms in total. The molecule has 1 amide bonds. The molecule has 0 unspecified atom stereocenters. The fourth-order valence-electron chi connectivity index (χ4n) is 2.82. The zero-order valence-corrected chi connectivity index (χ0v) is 17.4. The Bertz CT molecular complexity index is 1160. The quantitative estimate of drug-likeness (QED) is 0.236. The van der Waals surface area contributed by atoms with Crippen molar-refractivity contribution < 1.29 is 19.2 Å². The summed E-state index contributed by atoms with van der Waals surface area (Å²) in [4.78, 5) is 27.6. The summed E-state index contributed by atoms with van der Waals surface area (Å²) in [6.07, 6.45) is 2.82. The first kappa shape index (κ1) is 21.4. The van der Waals surface area contributed by atoms with Crippen LogP contribution in [0.1, 0.15) is 12.5 Å². The largest absolute Gasteiger partial charge is 0.497 e. The van der Waals surface area contributed by atoms with E-state index in [9.17, 15) is 14.9 Å². The van der Waals surface area contributed by atoms with Crippen LogP contribution in [0, 0.1) is 10.1 Å². The van der Waals surface area contributed by atoms with E-state index in [2.05, 4.69) is 4.99 Å². The first-order valence-electron chi connectivity index (χ1n) is 9.28. The highest BCUT2D eigenvalue weighted by molar-refractivity contribution is 7.16. The van der Waals surface area contributed by atoms with Crippen LogP contribution in [0.15, 0.2) is 53.5 Å². The molecule has 156 valence electrons. The third kappa shape index (κ3) is 5.19. The zero-order valence-electron chi connectivity index (χ0n) is 16.6. The van der Waals surface area contributed by atoms with E-state index < -0.39 is 10.8 Å². The number of carbonyl (C=O) groups is 1. The van der Waals surface area contributed by atoms with Crippen LogP contribution in [0.3, 0.4) is 0 Å². The molecule has 0 aliphatic carbocycles. The lowest BCUT2D eigenvalue weighted by Gasteiger charge is -2.05. The highest BCUT2D eigenvalue weighted by atomic mass is 32.1. The normalized spacial score (nSPS) is 12.0. The van der Waals surface area contributed by atoms with Gasteiger partial charge in [0.1, 0.15) is 5.75 Å². The van der Waals surface area contributed by atoms with Crippen molar-refractivity contribution in [3.05, 3.63) is 69.0 Å². The maximum Gasteiger partial charge on any atom is 0.272 e. The minimum atomic E-state index is -0.476. The van der Waals surface area contributed by atoms with Gasteiger partial charge in [-0.05, 0) is 36.8 Å². The standard InChI is InChI=1S/C21H21N3O5S/c1-3-29-12-11-23-18-9-8-17(28-2)14-19(18)30-21(23)22-20(25)10-7-15-5-4-6-16(13-15)24(26)27/h4-10,13-14H,3,11-12H2,1-2H3. The molecule has 0 aliphatic rings. The Hall–Kier alpha value is -3.30. The molecule has 3 aromatic rings. The number of nitro groups is 1. The number of fused-ring (bicyclic) bond motifs is 1. The number of thiazole rings is 1. The van der Waals surface area contributed by atoms with Crippen molar-refractivity contribution in [2.45, 2.75) is 13.5 Å². The van der Waals surface area contributed by atoms with E-state index >= 15 is 0 Å². The average molecular weight is 427 g/mol. The summed E-state index contributed by atoms with van der Waals surface area (Å²) in [5.41, 5.74) is 1.46. The topological polar surface area (TPSA) is 96.0 Å². The predicted octanol–water partition coefficient (Wildman–Crippen LogP) is 3.80. The first-order valence-corrected chi connectivity index (χ1v) is 10.1. The Morgan fingerprint density at radius 2 is 2.13 bits per heavy atom. The molecule has 0 spiro atoms. The Morgan fingerprint density at radius 3 is 2.87 bits per heavy atom. The zero-order chi connectivity index (χ0) is 21.5. The number of ether oxygens (including phenoxy) is 2. The lowest BCUT2D eigenvalue weighted by molar-refractivity contribution is -0.384. The molecular weight excluding hydrogens is 406 g/mol. The number of methoxy groups -OCH3 is 1. The molecule has 0 saturated heterocycles. The van der Waals surface area contributed by atoms with Crippen LogP contribution in [0.4, 0.5) is 5.69 Å². The Balaban J connectivity index is 1.93. The third-order valence-corrected chi connectivity index (χ3v) is 5.30. The van der Waals surface area contributed by atoms with Gasteiger partial charge in [-0.2, -0.15) is 4.99 Å². The van der Waals surface area contributed by atoms with Gasteiger partial charge in [0.2, 0.25) is 0 Å². The lowest BCUT2D eigenvalue weighted by Crippen LogP contribution is -2.19. The summed E-state index contributed by atoms with van der Waals surface area (Å²) in [7, 11) is 1.60. The molecular formula is C21H21N3O5S. The Labute approximate surface area is 176 Å². The van der Waals surface area contributed by atoms with Gasteiger partial charge < -0.3 is 14.0 Å². The van der Waals surface area contributed by atoms with Gasteiger partial charge in [0.25, 0.3) is 11.6 Å². The summed E-state index contributed by atoms with van der Waals surface area (Å²) >= 11 is 1.38. The summed E-state index contributed by atoms with van der Waals surface area (Å²) in [6, 6.07) is 11.7. The molecule has 0 radical (unpaired) electrons. The number of nitro benzene ring substituents is 1. The van der Waals surface area contributed by atoms with Crippen LogP contribution in [0.5, 0.6) is 5.75 Å². The predicted molar refractivity (Wildman–Crippen MR) is 116 cm³/mol. The van der Waals surface area contributed by atoms with E-state index in [-0.39, 0.29) is 5.69 Å². The number of aromatic nitrogens is 1. The van der Waals surface area contributed by atoms with Gasteiger partial charge >= 0.3 is 0 Å². The maximum atomic E-state index is 12.4. The molecule has 0 fully saturated rings. The van der Waals surface area contributed by atoms with Crippen LogP contribution in [0.2, 0.25) is 0 Å². The van der Waals surface area contributed by atoms with Crippen molar-refractivity contribution >= 4 is 39.2 Å². The van der Waals surface area contributed by atoms with Crippen molar-refractivity contribution in [2.75, 3.05) is 20.3 Å². The molecule has 9 heteroatoms. The van der Waals surface area contributed by atoms with Gasteiger partial charge in [-0.1, -0.05) is 23.5 Å². The summed E-state index contributed by atoms with van der Waals surface area (Å²) < 4.78 is 13.6. The number of non-ortho nitro benzene ring substituents is 1. The SMILES string of the molecule is CCOCCn1c(=NC(=O)C=Cc2cccc([N+](=O)[O-])c2)sc2cc(OC)ccc21. The number of hydrogen-bond acceptors (Lipinski definition) is 6. The smallest absolute Gasteiger partial charge is 0.272 e. The second-order valence-electron chi connectivity index (χ2n) is 6.20. The maximum absolute atomic E-state index is 12.4. The van der Waals surface area contributed by atoms with E-state index in [0.29, 0.717) is 30.1 Å². The lowest BCUT2D eigenvalue weighted by atomic mass is 10.2. The molecule has 3 rings (SSSR count). The van der Waals surface area contributed by atoms with E-state index in [1.54, 1.807) is 19.2 Å². The van der Waals surface area contributed by atoms with Gasteiger partial charge in [-0.3, -0.25) is 14.9 Å². The van der Waals surface area contributed by atoms with Gasteiger partial charge in [0.15, 0.2) is 4.80 Å². The van der Waals surface area contributed by atoms with Crippen LogP contribution in [0.25, 0.3) is 16.3 Å². The van der Waals surface area contributed by atoms with Crippen molar-refractivity contribution in [1.82, 2.24) is 4.57 Å². The van der Waals surface area contributed by atoms with Crippen molar-refractivity contribution in [3.8, 4) is 5.75 Å². The molecule has 0 bridgehead atoms. The first-order chi connectivity index (χ1) is 14.5. The van der Waals surface area contributed by atoms with Gasteiger partial charge in [-0.25, -0.2) is 0 Å². The highest BCUT2D eigenvalue weighted by Crippen LogP contribution is 2.23. The highest BCUT2D eigenvalue weighted by Gasteiger charge is 2.09. The summed E-state index contributed by atoms with van der Waals surface area (Å²) in [6.45, 7) is 3.59. The fraction of sp³-hybridized carbons (Fsp3) is 0.238. The second-order valence-corrected chi connectivity index (χ2v) is 7.21. The van der Waals surface area contributed by atoms with Crippen LogP contribution in [-0.4, -0.2) is 35.7 Å². The number of rotatable bonds is 8. The number of hydrogen-bond donors (Lipinski definition) is 0. The van der Waals surface area contributed by atoms with Crippen molar-refractivity contribution in [3.63, 3.8) is 0 Å². The van der Waals surface area contributed by atoms with Crippen molar-refractivity contribution in [1.29, 1.82) is 0 Å². The Morgan fingerprint density at radius 1 is 1.30 bits per heavy atom. The molecule has 1 aromatic heterocycles. The van der Waals surface area contributed by atoms with Crippen LogP contribution in [-0.2, 0) is 16.1 Å². The number of amides is 1. The third-order valence-electron chi connectivity index (χ3n) is 4.26. The minimum Gasteiger partial charge on any atom is -0.497 e. The van der Waals surface area contributed by atoms with E-state index in [0.717, 1.165) is 16.0 Å². The molecule has 0 N–H and O–H groups in total. The van der Waals surface area contributed by atoms with Crippen LogP contribution < -0.4 is 9.54 Å². The van der Waals surface area contributed by atoms with E-state index in [1.807, 2.05) is 29.7 Å². The minimum absolute atomic E-state index is 0.0336. The molecule has 30 heavy (non-hydrogen) atoms. The molecule has 1 heterocycles. The average Bonchev–Trinajstić information content (AvgIpc) is 3.08. The number of benzene rings is 2.